The smallest absolute Gasteiger partial charge is 0.0207 e. The second-order valence-corrected chi connectivity index (χ2v) is 6.67. The number of halogens is 1. The molecule has 1 atom stereocenters. The van der Waals surface area contributed by atoms with Crippen molar-refractivity contribution in [2.24, 2.45) is 5.73 Å². The third-order valence-corrected chi connectivity index (χ3v) is 4.64. The summed E-state index contributed by atoms with van der Waals surface area (Å²) in [5.74, 6) is 0. The summed E-state index contributed by atoms with van der Waals surface area (Å²) < 4.78 is 1.19. The van der Waals surface area contributed by atoms with Crippen LogP contribution in [0.1, 0.15) is 70.3 Å². The van der Waals surface area contributed by atoms with E-state index in [0.717, 1.165) is 12.8 Å². The van der Waals surface area contributed by atoms with E-state index in [1.54, 1.807) is 0 Å². The van der Waals surface area contributed by atoms with Crippen LogP contribution in [0.25, 0.3) is 0 Å². The van der Waals surface area contributed by atoms with Crippen molar-refractivity contribution in [3.05, 3.63) is 34.3 Å². The van der Waals surface area contributed by atoms with Crippen molar-refractivity contribution in [2.75, 3.05) is 0 Å². The number of rotatable bonds is 11. The second kappa shape index (κ2) is 11.3. The van der Waals surface area contributed by atoms with Crippen molar-refractivity contribution in [3.8, 4) is 0 Å². The molecule has 0 saturated heterocycles. The Labute approximate surface area is 133 Å². The molecule has 1 unspecified atom stereocenters. The van der Waals surface area contributed by atoms with Gasteiger partial charge in [0.05, 0.1) is 0 Å². The third-order valence-electron chi connectivity index (χ3n) is 3.87. The summed E-state index contributed by atoms with van der Waals surface area (Å²) in [5, 5.41) is 0. The van der Waals surface area contributed by atoms with E-state index in [2.05, 4.69) is 47.1 Å². The topological polar surface area (TPSA) is 26.0 Å². The average molecular weight is 340 g/mol. The molecule has 2 N–H and O–H groups in total. The van der Waals surface area contributed by atoms with Gasteiger partial charge in [0.2, 0.25) is 0 Å². The molecule has 0 fully saturated rings. The molecule has 0 aliphatic rings. The van der Waals surface area contributed by atoms with Crippen molar-refractivity contribution in [1.82, 2.24) is 0 Å². The van der Waals surface area contributed by atoms with Gasteiger partial charge in [-0.1, -0.05) is 92.4 Å². The Kier molecular flexibility index (Phi) is 10.0. The molecule has 114 valence electrons. The molecule has 1 aromatic carbocycles. The zero-order valence-corrected chi connectivity index (χ0v) is 14.5. The van der Waals surface area contributed by atoms with Crippen LogP contribution in [0.4, 0.5) is 0 Å². The van der Waals surface area contributed by atoms with Crippen LogP contribution in [0.2, 0.25) is 0 Å². The van der Waals surface area contributed by atoms with E-state index in [4.69, 9.17) is 5.73 Å². The van der Waals surface area contributed by atoms with Crippen molar-refractivity contribution in [1.29, 1.82) is 0 Å². The van der Waals surface area contributed by atoms with Crippen molar-refractivity contribution >= 4 is 15.9 Å². The molecule has 0 aromatic heterocycles. The highest BCUT2D eigenvalue weighted by molar-refractivity contribution is 9.10. The number of hydrogen-bond donors (Lipinski definition) is 1. The Balaban J connectivity index is 2.03. The van der Waals surface area contributed by atoms with Gasteiger partial charge in [0.1, 0.15) is 0 Å². The molecule has 0 saturated carbocycles. The van der Waals surface area contributed by atoms with Gasteiger partial charge in [0.15, 0.2) is 0 Å². The highest BCUT2D eigenvalue weighted by Gasteiger charge is 2.06. The minimum absolute atomic E-state index is 0.300. The first kappa shape index (κ1) is 17.7. The molecule has 2 heteroatoms. The standard InChI is InChI=1S/C18H30BrN/c1-2-3-4-5-6-7-8-9-13-17(20)15-16-12-10-11-14-18(16)19/h10-12,14,17H,2-9,13,15,20H2,1H3. The average Bonchev–Trinajstić information content (AvgIpc) is 2.44. The van der Waals surface area contributed by atoms with Crippen LogP contribution >= 0.6 is 15.9 Å². The van der Waals surface area contributed by atoms with E-state index in [9.17, 15) is 0 Å². The van der Waals surface area contributed by atoms with Gasteiger partial charge < -0.3 is 5.73 Å². The highest BCUT2D eigenvalue weighted by Crippen LogP contribution is 2.18. The van der Waals surface area contributed by atoms with Gasteiger partial charge in [-0.25, -0.2) is 0 Å². The van der Waals surface area contributed by atoms with Crippen molar-refractivity contribution in [3.63, 3.8) is 0 Å². The number of unbranched alkanes of at least 4 members (excludes halogenated alkanes) is 7. The molecule has 0 radical (unpaired) electrons. The minimum Gasteiger partial charge on any atom is -0.327 e. The fraction of sp³-hybridized carbons (Fsp3) is 0.667. The van der Waals surface area contributed by atoms with Gasteiger partial charge >= 0.3 is 0 Å². The maximum absolute atomic E-state index is 6.23. The van der Waals surface area contributed by atoms with Gasteiger partial charge in [-0.05, 0) is 24.5 Å². The molecule has 0 aliphatic carbocycles. The Morgan fingerprint density at radius 2 is 1.55 bits per heavy atom. The van der Waals surface area contributed by atoms with Crippen molar-refractivity contribution in [2.45, 2.75) is 77.2 Å². The molecule has 0 heterocycles. The van der Waals surface area contributed by atoms with Crippen LogP contribution in [0.15, 0.2) is 28.7 Å². The molecular formula is C18H30BrN. The summed E-state index contributed by atoms with van der Waals surface area (Å²) >= 11 is 3.59. The fourth-order valence-electron chi connectivity index (χ4n) is 2.59. The predicted molar refractivity (Wildman–Crippen MR) is 93.0 cm³/mol. The summed E-state index contributed by atoms with van der Waals surface area (Å²) in [6.45, 7) is 2.27. The van der Waals surface area contributed by atoms with E-state index in [-0.39, 0.29) is 0 Å². The van der Waals surface area contributed by atoms with Gasteiger partial charge in [-0.15, -0.1) is 0 Å². The minimum atomic E-state index is 0.300. The maximum atomic E-state index is 6.23. The largest absolute Gasteiger partial charge is 0.327 e. The molecule has 0 aliphatic heterocycles. The summed E-state index contributed by atoms with van der Waals surface area (Å²) in [7, 11) is 0. The lowest BCUT2D eigenvalue weighted by Crippen LogP contribution is -2.22. The lowest BCUT2D eigenvalue weighted by molar-refractivity contribution is 0.524. The maximum Gasteiger partial charge on any atom is 0.0207 e. The van der Waals surface area contributed by atoms with E-state index in [0.29, 0.717) is 6.04 Å². The Morgan fingerprint density at radius 1 is 0.950 bits per heavy atom. The van der Waals surface area contributed by atoms with E-state index in [1.165, 1.54) is 61.4 Å². The fourth-order valence-corrected chi connectivity index (χ4v) is 3.04. The quantitative estimate of drug-likeness (QED) is 0.502. The van der Waals surface area contributed by atoms with Crippen LogP contribution in [0.3, 0.4) is 0 Å². The monoisotopic (exact) mass is 339 g/mol. The lowest BCUT2D eigenvalue weighted by atomic mass is 10.0. The third kappa shape index (κ3) is 8.06. The summed E-state index contributed by atoms with van der Waals surface area (Å²) in [6, 6.07) is 8.70. The van der Waals surface area contributed by atoms with Crippen LogP contribution < -0.4 is 5.73 Å². The van der Waals surface area contributed by atoms with Crippen LogP contribution in [0, 0.1) is 0 Å². The molecule has 0 amide bonds. The molecule has 0 bridgehead atoms. The first-order valence-corrected chi connectivity index (χ1v) is 9.02. The molecule has 20 heavy (non-hydrogen) atoms. The van der Waals surface area contributed by atoms with Crippen LogP contribution in [0.5, 0.6) is 0 Å². The highest BCUT2D eigenvalue weighted by atomic mass is 79.9. The van der Waals surface area contributed by atoms with Gasteiger partial charge in [-0.2, -0.15) is 0 Å². The Hall–Kier alpha value is -0.340. The Morgan fingerprint density at radius 3 is 2.20 bits per heavy atom. The summed E-state index contributed by atoms with van der Waals surface area (Å²) in [4.78, 5) is 0. The number of benzene rings is 1. The zero-order chi connectivity index (χ0) is 14.6. The molecule has 1 aromatic rings. The first-order valence-electron chi connectivity index (χ1n) is 8.23. The number of hydrogen-bond acceptors (Lipinski definition) is 1. The first-order chi connectivity index (χ1) is 9.74. The van der Waals surface area contributed by atoms with E-state index in [1.807, 2.05) is 0 Å². The van der Waals surface area contributed by atoms with Crippen LogP contribution in [-0.2, 0) is 6.42 Å². The number of nitrogens with two attached hydrogens (primary N) is 1. The predicted octanol–water partition coefficient (Wildman–Crippen LogP) is 5.85. The second-order valence-electron chi connectivity index (χ2n) is 5.82. The van der Waals surface area contributed by atoms with Gasteiger partial charge in [0.25, 0.3) is 0 Å². The SMILES string of the molecule is CCCCCCCCCCC(N)Cc1ccccc1Br. The van der Waals surface area contributed by atoms with E-state index >= 15 is 0 Å². The lowest BCUT2D eigenvalue weighted by Gasteiger charge is -2.12. The summed E-state index contributed by atoms with van der Waals surface area (Å²) in [5.41, 5.74) is 7.57. The normalized spacial score (nSPS) is 12.6. The molecule has 1 rings (SSSR count). The summed E-state index contributed by atoms with van der Waals surface area (Å²) in [6.07, 6.45) is 13.1. The zero-order valence-electron chi connectivity index (χ0n) is 12.9. The Bertz CT molecular complexity index is 351. The van der Waals surface area contributed by atoms with Crippen molar-refractivity contribution < 1.29 is 0 Å². The van der Waals surface area contributed by atoms with Gasteiger partial charge in [0, 0.05) is 10.5 Å². The molecule has 1 nitrogen and oxygen atoms in total. The van der Waals surface area contributed by atoms with Gasteiger partial charge in [-0.3, -0.25) is 0 Å². The molecular weight excluding hydrogens is 310 g/mol. The van der Waals surface area contributed by atoms with E-state index < -0.39 is 0 Å². The van der Waals surface area contributed by atoms with Crippen LogP contribution in [-0.4, -0.2) is 6.04 Å². The molecule has 0 spiro atoms.